The quantitative estimate of drug-likeness (QED) is 0.676. The zero-order valence-corrected chi connectivity index (χ0v) is 13.6. The minimum Gasteiger partial charge on any atom is -0.493 e. The molecule has 1 aromatic carbocycles. The summed E-state index contributed by atoms with van der Waals surface area (Å²) in [5, 5.41) is 0. The summed E-state index contributed by atoms with van der Waals surface area (Å²) < 4.78 is 5.93. The zero-order valence-electron chi connectivity index (χ0n) is 13.6. The number of aryl methyl sites for hydroxylation is 1. The number of benzene rings is 1. The van der Waals surface area contributed by atoms with Crippen LogP contribution in [-0.4, -0.2) is 12.4 Å². The van der Waals surface area contributed by atoms with E-state index in [1.807, 2.05) is 0 Å². The monoisotopic (exact) mass is 276 g/mol. The molecule has 0 spiro atoms. The van der Waals surface area contributed by atoms with Gasteiger partial charge in [-0.2, -0.15) is 0 Å². The second kappa shape index (κ2) is 7.47. The van der Waals surface area contributed by atoms with E-state index in [1.165, 1.54) is 11.1 Å². The Bertz CT molecular complexity index is 441. The lowest BCUT2D eigenvalue weighted by atomic mass is 9.85. The van der Waals surface area contributed by atoms with Crippen LogP contribution in [0.5, 0.6) is 5.75 Å². The summed E-state index contributed by atoms with van der Waals surface area (Å²) in [6, 6.07) is 6.48. The first kappa shape index (κ1) is 16.7. The maximum Gasteiger partial charge on any atom is 0.129 e. The number of rotatable bonds is 7. The van der Waals surface area contributed by atoms with Crippen LogP contribution in [0.3, 0.4) is 0 Å². The Labute approximate surface area is 123 Å². The van der Waals surface area contributed by atoms with Gasteiger partial charge >= 0.3 is 0 Å². The molecule has 2 heteroatoms. The molecule has 0 unspecified atom stereocenters. The summed E-state index contributed by atoms with van der Waals surface area (Å²) in [4.78, 5) is 10.9. The van der Waals surface area contributed by atoms with Gasteiger partial charge in [0.2, 0.25) is 0 Å². The largest absolute Gasteiger partial charge is 0.493 e. The number of carbonyl (C=O) groups excluding carboxylic acids is 1. The number of unbranched alkanes of at least 4 members (excludes halogenated alkanes) is 1. The third-order valence-electron chi connectivity index (χ3n) is 3.44. The molecular formula is C18H28O2. The molecule has 0 saturated heterocycles. The normalized spacial score (nSPS) is 11.4. The molecule has 1 rings (SSSR count). The average molecular weight is 276 g/mol. The topological polar surface area (TPSA) is 26.3 Å². The number of Topliss-reactive ketones (excluding diaryl/α,β-unsaturated/α-hetero) is 1. The van der Waals surface area contributed by atoms with Crippen LogP contribution in [0.4, 0.5) is 0 Å². The molecule has 112 valence electrons. The third kappa shape index (κ3) is 5.36. The summed E-state index contributed by atoms with van der Waals surface area (Å²) in [6.07, 6.45) is 3.54. The lowest BCUT2D eigenvalue weighted by molar-refractivity contribution is -0.117. The van der Waals surface area contributed by atoms with Crippen LogP contribution in [0.1, 0.15) is 65.0 Å². The molecule has 20 heavy (non-hydrogen) atoms. The Morgan fingerprint density at radius 3 is 2.45 bits per heavy atom. The molecule has 0 amide bonds. The van der Waals surface area contributed by atoms with Crippen molar-refractivity contribution in [3.63, 3.8) is 0 Å². The second-order valence-corrected chi connectivity index (χ2v) is 6.44. The van der Waals surface area contributed by atoms with Crippen molar-refractivity contribution in [2.45, 2.75) is 65.7 Å². The van der Waals surface area contributed by atoms with E-state index in [0.29, 0.717) is 13.0 Å². The van der Waals surface area contributed by atoms with Crippen LogP contribution in [0.25, 0.3) is 0 Å². The van der Waals surface area contributed by atoms with Gasteiger partial charge in [0.15, 0.2) is 0 Å². The van der Waals surface area contributed by atoms with Crippen molar-refractivity contribution in [3.05, 3.63) is 29.3 Å². The highest BCUT2D eigenvalue weighted by Crippen LogP contribution is 2.32. The predicted molar refractivity (Wildman–Crippen MR) is 84.5 cm³/mol. The maximum absolute atomic E-state index is 10.9. The van der Waals surface area contributed by atoms with Gasteiger partial charge in [0, 0.05) is 6.42 Å². The highest BCUT2D eigenvalue weighted by Gasteiger charge is 2.19. The van der Waals surface area contributed by atoms with E-state index in [1.54, 1.807) is 6.92 Å². The Morgan fingerprint density at radius 1 is 1.20 bits per heavy atom. The summed E-state index contributed by atoms with van der Waals surface area (Å²) in [5.74, 6) is 1.24. The number of carbonyl (C=O) groups is 1. The second-order valence-electron chi connectivity index (χ2n) is 6.44. The average Bonchev–Trinajstić information content (AvgIpc) is 2.37. The van der Waals surface area contributed by atoms with Crippen molar-refractivity contribution in [1.29, 1.82) is 0 Å². The van der Waals surface area contributed by atoms with Crippen LogP contribution in [0.2, 0.25) is 0 Å². The Hall–Kier alpha value is -1.31. The Balaban J connectivity index is 2.67. The van der Waals surface area contributed by atoms with Gasteiger partial charge in [-0.25, -0.2) is 0 Å². The van der Waals surface area contributed by atoms with E-state index in [9.17, 15) is 4.79 Å². The molecule has 0 radical (unpaired) electrons. The maximum atomic E-state index is 10.9. The van der Waals surface area contributed by atoms with Crippen LogP contribution < -0.4 is 4.74 Å². The summed E-state index contributed by atoms with van der Waals surface area (Å²) in [5.41, 5.74) is 2.70. The third-order valence-corrected chi connectivity index (χ3v) is 3.44. The van der Waals surface area contributed by atoms with Crippen molar-refractivity contribution in [2.75, 3.05) is 6.61 Å². The minimum absolute atomic E-state index is 0.0832. The molecule has 0 aliphatic heterocycles. The van der Waals surface area contributed by atoms with Gasteiger partial charge in [-0.3, -0.25) is 0 Å². The number of ether oxygens (including phenoxy) is 1. The molecule has 0 aromatic heterocycles. The summed E-state index contributed by atoms with van der Waals surface area (Å²) >= 11 is 0. The van der Waals surface area contributed by atoms with E-state index >= 15 is 0 Å². The van der Waals surface area contributed by atoms with Crippen LogP contribution in [-0.2, 0) is 16.6 Å². The standard InChI is InChI=1S/C18H28O2/c1-6-15-10-11-17(16(13-15)18(3,4)5)20-12-8-7-9-14(2)19/h10-11,13H,6-9,12H2,1-5H3. The lowest BCUT2D eigenvalue weighted by Crippen LogP contribution is -2.14. The molecule has 0 fully saturated rings. The van der Waals surface area contributed by atoms with Gasteiger partial charge in [-0.05, 0) is 48.8 Å². The van der Waals surface area contributed by atoms with Crippen LogP contribution in [0.15, 0.2) is 18.2 Å². The molecule has 0 aliphatic rings. The predicted octanol–water partition coefficient (Wildman–Crippen LogP) is 4.68. The van der Waals surface area contributed by atoms with Gasteiger partial charge in [0.25, 0.3) is 0 Å². The van der Waals surface area contributed by atoms with Crippen molar-refractivity contribution in [2.24, 2.45) is 0 Å². The van der Waals surface area contributed by atoms with Gasteiger partial charge in [-0.15, -0.1) is 0 Å². The van der Waals surface area contributed by atoms with E-state index in [0.717, 1.165) is 25.0 Å². The molecule has 0 heterocycles. The van der Waals surface area contributed by atoms with E-state index in [-0.39, 0.29) is 11.2 Å². The zero-order chi connectivity index (χ0) is 15.2. The van der Waals surface area contributed by atoms with Crippen LogP contribution >= 0.6 is 0 Å². The van der Waals surface area contributed by atoms with Gasteiger partial charge in [-0.1, -0.05) is 39.8 Å². The molecule has 0 bridgehead atoms. The SMILES string of the molecule is CCc1ccc(OCCCCC(C)=O)c(C(C)(C)C)c1. The van der Waals surface area contributed by atoms with Crippen molar-refractivity contribution >= 4 is 5.78 Å². The highest BCUT2D eigenvalue weighted by molar-refractivity contribution is 5.75. The van der Waals surface area contributed by atoms with E-state index in [2.05, 4.69) is 45.9 Å². The first-order valence-electron chi connectivity index (χ1n) is 7.60. The van der Waals surface area contributed by atoms with Gasteiger partial charge in [0.05, 0.1) is 6.61 Å². The number of ketones is 1. The minimum atomic E-state index is 0.0832. The first-order valence-corrected chi connectivity index (χ1v) is 7.60. The molecule has 0 saturated carbocycles. The summed E-state index contributed by atoms with van der Waals surface area (Å²) in [6.45, 7) is 11.1. The lowest BCUT2D eigenvalue weighted by Gasteiger charge is -2.23. The van der Waals surface area contributed by atoms with Crippen molar-refractivity contribution < 1.29 is 9.53 Å². The fraction of sp³-hybridized carbons (Fsp3) is 0.611. The number of hydrogen-bond acceptors (Lipinski definition) is 2. The molecule has 0 atom stereocenters. The first-order chi connectivity index (χ1) is 9.34. The summed E-state index contributed by atoms with van der Waals surface area (Å²) in [7, 11) is 0. The van der Waals surface area contributed by atoms with Gasteiger partial charge in [0.1, 0.15) is 11.5 Å². The molecule has 0 aliphatic carbocycles. The smallest absolute Gasteiger partial charge is 0.129 e. The Kier molecular flexibility index (Phi) is 6.25. The van der Waals surface area contributed by atoms with Crippen molar-refractivity contribution in [1.82, 2.24) is 0 Å². The van der Waals surface area contributed by atoms with Gasteiger partial charge < -0.3 is 9.53 Å². The highest BCUT2D eigenvalue weighted by atomic mass is 16.5. The van der Waals surface area contributed by atoms with E-state index < -0.39 is 0 Å². The van der Waals surface area contributed by atoms with Crippen LogP contribution in [0, 0.1) is 0 Å². The molecular weight excluding hydrogens is 248 g/mol. The molecule has 2 nitrogen and oxygen atoms in total. The number of hydrogen-bond donors (Lipinski definition) is 0. The molecule has 0 N–H and O–H groups in total. The Morgan fingerprint density at radius 2 is 1.90 bits per heavy atom. The fourth-order valence-corrected chi connectivity index (χ4v) is 2.17. The van der Waals surface area contributed by atoms with E-state index in [4.69, 9.17) is 4.74 Å². The van der Waals surface area contributed by atoms with Crippen molar-refractivity contribution in [3.8, 4) is 5.75 Å². The fourth-order valence-electron chi connectivity index (χ4n) is 2.17. The molecule has 1 aromatic rings.